The molecule has 2 aromatic heterocycles. The highest BCUT2D eigenvalue weighted by Gasteiger charge is 2.15. The van der Waals surface area contributed by atoms with Crippen molar-refractivity contribution >= 4 is 35.2 Å². The van der Waals surface area contributed by atoms with Crippen LogP contribution >= 0.6 is 23.8 Å². The highest BCUT2D eigenvalue weighted by atomic mass is 35.5. The number of benzene rings is 4. The molecule has 0 aliphatic rings. The maximum absolute atomic E-state index is 6.44. The molecule has 204 valence electrons. The van der Waals surface area contributed by atoms with Gasteiger partial charge in [-0.3, -0.25) is 10.9 Å². The van der Waals surface area contributed by atoms with E-state index in [0.29, 0.717) is 9.79 Å². The fourth-order valence-corrected chi connectivity index (χ4v) is 5.60. The summed E-state index contributed by atoms with van der Waals surface area (Å²) in [4.78, 5) is 7.86. The van der Waals surface area contributed by atoms with Gasteiger partial charge in [0, 0.05) is 16.8 Å². The van der Waals surface area contributed by atoms with Crippen molar-refractivity contribution in [1.29, 1.82) is 0 Å². The number of anilines is 2. The number of aromatic amines is 1. The van der Waals surface area contributed by atoms with E-state index >= 15 is 0 Å². The van der Waals surface area contributed by atoms with Crippen LogP contribution in [0.3, 0.4) is 0 Å². The molecule has 6 nitrogen and oxygen atoms in total. The van der Waals surface area contributed by atoms with Gasteiger partial charge in [-0.05, 0) is 80.0 Å². The lowest BCUT2D eigenvalue weighted by atomic mass is 9.99. The summed E-state index contributed by atoms with van der Waals surface area (Å²) in [5.74, 6) is 0. The number of hydrogen-bond donors (Lipinski definition) is 3. The summed E-state index contributed by atoms with van der Waals surface area (Å²) in [6.07, 6.45) is 1.83. The molecule has 6 aromatic rings. The van der Waals surface area contributed by atoms with Gasteiger partial charge in [0.1, 0.15) is 6.33 Å². The van der Waals surface area contributed by atoms with Crippen molar-refractivity contribution in [3.05, 3.63) is 130 Å². The predicted molar refractivity (Wildman–Crippen MR) is 172 cm³/mol. The molecule has 0 aliphatic carbocycles. The minimum Gasteiger partial charge on any atom is -0.333 e. The van der Waals surface area contributed by atoms with E-state index in [-0.39, 0.29) is 0 Å². The molecule has 0 fully saturated rings. The van der Waals surface area contributed by atoms with Gasteiger partial charge >= 0.3 is 0 Å². The first-order valence-corrected chi connectivity index (χ1v) is 14.1. The van der Waals surface area contributed by atoms with Crippen LogP contribution < -0.4 is 10.9 Å². The van der Waals surface area contributed by atoms with Crippen LogP contribution in [-0.4, -0.2) is 19.3 Å². The first-order valence-electron chi connectivity index (χ1n) is 13.3. The van der Waals surface area contributed by atoms with Crippen LogP contribution in [-0.2, 0) is 0 Å². The van der Waals surface area contributed by atoms with Crippen LogP contribution in [0.4, 0.5) is 11.4 Å². The van der Waals surface area contributed by atoms with Crippen LogP contribution in [0, 0.1) is 25.5 Å². The van der Waals surface area contributed by atoms with Gasteiger partial charge in [0.05, 0.1) is 33.5 Å². The van der Waals surface area contributed by atoms with Gasteiger partial charge in [0.2, 0.25) is 0 Å². The van der Waals surface area contributed by atoms with Crippen molar-refractivity contribution in [2.75, 3.05) is 10.9 Å². The first-order chi connectivity index (χ1) is 19.9. The number of aromatic nitrogens is 4. The zero-order valence-electron chi connectivity index (χ0n) is 22.9. The van der Waals surface area contributed by atoms with E-state index in [1.165, 1.54) is 0 Å². The van der Waals surface area contributed by atoms with Crippen molar-refractivity contribution < 1.29 is 0 Å². The third-order valence-corrected chi connectivity index (χ3v) is 7.59. The molecule has 0 bridgehead atoms. The van der Waals surface area contributed by atoms with E-state index in [1.54, 1.807) is 0 Å². The fourth-order valence-electron chi connectivity index (χ4n) is 5.14. The Kier molecular flexibility index (Phi) is 7.22. The third-order valence-electron chi connectivity index (χ3n) is 6.98. The molecule has 0 atom stereocenters. The van der Waals surface area contributed by atoms with Crippen LogP contribution in [0.2, 0.25) is 5.02 Å². The Bertz CT molecular complexity index is 1920. The molecule has 3 N–H and O–H groups in total. The number of rotatable bonds is 7. The maximum Gasteiger partial charge on any atom is 0.197 e. The number of aryl methyl sites for hydroxylation is 3. The number of imidazole rings is 2. The molecular formula is C33H29ClN6S. The molecule has 0 amide bonds. The number of para-hydroxylation sites is 1. The lowest BCUT2D eigenvalue weighted by Gasteiger charge is -2.16. The summed E-state index contributed by atoms with van der Waals surface area (Å²) in [5.41, 5.74) is 18.1. The van der Waals surface area contributed by atoms with E-state index in [2.05, 4.69) is 82.3 Å². The van der Waals surface area contributed by atoms with Gasteiger partial charge in [-0.25, -0.2) is 14.3 Å². The van der Waals surface area contributed by atoms with Crippen LogP contribution in [0.15, 0.2) is 103 Å². The Balaban J connectivity index is 1.36. The van der Waals surface area contributed by atoms with Crippen molar-refractivity contribution in [3.8, 4) is 33.6 Å². The minimum absolute atomic E-state index is 0.565. The van der Waals surface area contributed by atoms with Gasteiger partial charge in [-0.2, -0.15) is 0 Å². The van der Waals surface area contributed by atoms with Crippen LogP contribution in [0.5, 0.6) is 0 Å². The summed E-state index contributed by atoms with van der Waals surface area (Å²) >= 11 is 12.1. The molecule has 2 heterocycles. The smallest absolute Gasteiger partial charge is 0.197 e. The Labute approximate surface area is 249 Å². The monoisotopic (exact) mass is 576 g/mol. The average molecular weight is 577 g/mol. The van der Waals surface area contributed by atoms with Gasteiger partial charge < -0.3 is 4.98 Å². The van der Waals surface area contributed by atoms with Gasteiger partial charge in [0.25, 0.3) is 0 Å². The molecule has 0 unspecified atom stereocenters. The molecule has 0 spiro atoms. The Morgan fingerprint density at radius 2 is 1.46 bits per heavy atom. The van der Waals surface area contributed by atoms with E-state index in [1.807, 2.05) is 72.0 Å². The maximum atomic E-state index is 6.44. The van der Waals surface area contributed by atoms with Crippen molar-refractivity contribution in [1.82, 2.24) is 19.3 Å². The zero-order valence-corrected chi connectivity index (χ0v) is 24.5. The molecule has 0 radical (unpaired) electrons. The molecule has 4 aromatic carbocycles. The van der Waals surface area contributed by atoms with E-state index in [4.69, 9.17) is 23.8 Å². The Hall–Kier alpha value is -4.59. The second-order valence-electron chi connectivity index (χ2n) is 10.0. The van der Waals surface area contributed by atoms with Crippen molar-refractivity contribution in [3.63, 3.8) is 0 Å². The van der Waals surface area contributed by atoms with E-state index in [9.17, 15) is 0 Å². The van der Waals surface area contributed by atoms with Gasteiger partial charge in [-0.1, -0.05) is 78.3 Å². The minimum atomic E-state index is 0.565. The summed E-state index contributed by atoms with van der Waals surface area (Å²) in [6, 6.07) is 32.9. The molecule has 41 heavy (non-hydrogen) atoms. The molecular weight excluding hydrogens is 548 g/mol. The predicted octanol–water partition coefficient (Wildman–Crippen LogP) is 9.07. The van der Waals surface area contributed by atoms with E-state index in [0.717, 1.165) is 62.0 Å². The average Bonchev–Trinajstić information content (AvgIpc) is 3.47. The fraction of sp³-hybridized carbons (Fsp3) is 0.0909. The number of nitrogens with zero attached hydrogens (tertiary/aromatic N) is 3. The molecule has 0 saturated carbocycles. The number of H-pyrrole nitrogens is 1. The summed E-state index contributed by atoms with van der Waals surface area (Å²) in [6.45, 7) is 6.16. The summed E-state index contributed by atoms with van der Waals surface area (Å²) in [5, 5.41) is 0.622. The number of halogens is 1. The lowest BCUT2D eigenvalue weighted by molar-refractivity contribution is 0.942. The van der Waals surface area contributed by atoms with E-state index < -0.39 is 0 Å². The molecule has 6 rings (SSSR count). The highest BCUT2D eigenvalue weighted by molar-refractivity contribution is 7.71. The Morgan fingerprint density at radius 1 is 0.732 bits per heavy atom. The van der Waals surface area contributed by atoms with Crippen LogP contribution in [0.25, 0.3) is 33.6 Å². The summed E-state index contributed by atoms with van der Waals surface area (Å²) < 4.78 is 4.42. The molecule has 8 heteroatoms. The van der Waals surface area contributed by atoms with Gasteiger partial charge in [0.15, 0.2) is 4.77 Å². The number of nitrogens with one attached hydrogen (secondary N) is 3. The SMILES string of the molecule is Cc1cc(Nn2cnc(C)c2-c2ccccc2)cc(-c2cccc(-c3c(C)[nH]c(=S)n3Nc3ccccc3Cl)c2)c1. The van der Waals surface area contributed by atoms with Crippen molar-refractivity contribution in [2.24, 2.45) is 0 Å². The normalized spacial score (nSPS) is 11.0. The Morgan fingerprint density at radius 3 is 2.27 bits per heavy atom. The standard InChI is InChI=1S/C33H29ClN6S/c1-21-16-27(19-28(17-21)37-39-20-35-22(2)31(39)24-10-5-4-6-11-24)25-12-9-13-26(18-25)32-23(3)36-33(41)40(32)38-30-15-8-7-14-29(30)34/h4-20,37-38H,1-3H3,(H,36,41). The first kappa shape index (κ1) is 26.6. The van der Waals surface area contributed by atoms with Crippen molar-refractivity contribution in [2.45, 2.75) is 20.8 Å². The molecule has 0 saturated heterocycles. The number of hydrogen-bond acceptors (Lipinski definition) is 4. The lowest BCUT2D eigenvalue weighted by Crippen LogP contribution is -2.11. The summed E-state index contributed by atoms with van der Waals surface area (Å²) in [7, 11) is 0. The third kappa shape index (κ3) is 5.42. The largest absolute Gasteiger partial charge is 0.333 e. The second kappa shape index (κ2) is 11.1. The van der Waals surface area contributed by atoms with Crippen LogP contribution in [0.1, 0.15) is 17.0 Å². The zero-order chi connectivity index (χ0) is 28.5. The highest BCUT2D eigenvalue weighted by Crippen LogP contribution is 2.32. The quantitative estimate of drug-likeness (QED) is 0.166. The molecule has 0 aliphatic heterocycles. The van der Waals surface area contributed by atoms with Gasteiger partial charge in [-0.15, -0.1) is 0 Å². The topological polar surface area (TPSA) is 62.6 Å². The second-order valence-corrected chi connectivity index (χ2v) is 10.8.